The van der Waals surface area contributed by atoms with E-state index in [4.69, 9.17) is 4.42 Å². The lowest BCUT2D eigenvalue weighted by atomic mass is 10.1. The first-order valence-electron chi connectivity index (χ1n) is 9.59. The summed E-state index contributed by atoms with van der Waals surface area (Å²) < 4.78 is 5.69. The van der Waals surface area contributed by atoms with Gasteiger partial charge in [0.05, 0.1) is 5.75 Å². The standard InChI is InChI=1S/C22H26N4O2S/c1-16-12-17(2)14-18(13-16)21-24-25-22(28-21)29-15-20(27)23-10-7-11-26(3)19-8-5-4-6-9-19/h4-6,8-9,12-14H,7,10-11,15H2,1-3H3,(H,23,27). The Morgan fingerprint density at radius 3 is 2.55 bits per heavy atom. The number of benzene rings is 2. The summed E-state index contributed by atoms with van der Waals surface area (Å²) in [5.41, 5.74) is 4.36. The molecule has 1 N–H and O–H groups in total. The molecular weight excluding hydrogens is 384 g/mol. The van der Waals surface area contributed by atoms with Gasteiger partial charge >= 0.3 is 0 Å². The van der Waals surface area contributed by atoms with E-state index in [-0.39, 0.29) is 11.7 Å². The summed E-state index contributed by atoms with van der Waals surface area (Å²) in [6.07, 6.45) is 0.874. The van der Waals surface area contributed by atoms with Gasteiger partial charge in [0.2, 0.25) is 11.8 Å². The van der Waals surface area contributed by atoms with E-state index in [0.29, 0.717) is 17.7 Å². The molecule has 3 rings (SSSR count). The van der Waals surface area contributed by atoms with Gasteiger partial charge in [-0.1, -0.05) is 47.2 Å². The molecule has 0 bridgehead atoms. The van der Waals surface area contributed by atoms with Crippen molar-refractivity contribution in [2.24, 2.45) is 0 Å². The Hall–Kier alpha value is -2.80. The second kappa shape index (κ2) is 10.1. The molecule has 1 heterocycles. The summed E-state index contributed by atoms with van der Waals surface area (Å²) in [4.78, 5) is 14.2. The van der Waals surface area contributed by atoms with Crippen LogP contribution in [0.4, 0.5) is 5.69 Å². The zero-order valence-corrected chi connectivity index (χ0v) is 17.8. The molecule has 7 heteroatoms. The Morgan fingerprint density at radius 2 is 1.83 bits per heavy atom. The number of carbonyl (C=O) groups is 1. The van der Waals surface area contributed by atoms with E-state index in [1.165, 1.54) is 17.4 Å². The maximum Gasteiger partial charge on any atom is 0.277 e. The van der Waals surface area contributed by atoms with E-state index in [1.807, 2.05) is 44.2 Å². The van der Waals surface area contributed by atoms with Crippen LogP contribution in [0.1, 0.15) is 17.5 Å². The molecule has 152 valence electrons. The summed E-state index contributed by atoms with van der Waals surface area (Å²) in [6.45, 7) is 5.57. The molecule has 0 atom stereocenters. The number of anilines is 1. The van der Waals surface area contributed by atoms with Crippen LogP contribution in [-0.4, -0.2) is 42.0 Å². The maximum absolute atomic E-state index is 12.1. The van der Waals surface area contributed by atoms with Gasteiger partial charge in [-0.15, -0.1) is 10.2 Å². The van der Waals surface area contributed by atoms with Gasteiger partial charge in [-0.25, -0.2) is 0 Å². The van der Waals surface area contributed by atoms with Crippen LogP contribution in [0.3, 0.4) is 0 Å². The fourth-order valence-corrected chi connectivity index (χ4v) is 3.61. The number of hydrogen-bond donors (Lipinski definition) is 1. The second-order valence-electron chi connectivity index (χ2n) is 7.00. The van der Waals surface area contributed by atoms with Crippen molar-refractivity contribution in [2.75, 3.05) is 30.8 Å². The fraction of sp³-hybridized carbons (Fsp3) is 0.318. The molecule has 2 aromatic carbocycles. The van der Waals surface area contributed by atoms with Gasteiger partial charge in [0.15, 0.2) is 0 Å². The average Bonchev–Trinajstić information content (AvgIpc) is 3.18. The number of para-hydroxylation sites is 1. The van der Waals surface area contributed by atoms with Gasteiger partial charge in [0.1, 0.15) is 0 Å². The Morgan fingerprint density at radius 1 is 1.10 bits per heavy atom. The minimum Gasteiger partial charge on any atom is -0.411 e. The molecule has 3 aromatic rings. The van der Waals surface area contributed by atoms with Gasteiger partial charge < -0.3 is 14.6 Å². The number of aromatic nitrogens is 2. The first-order valence-corrected chi connectivity index (χ1v) is 10.6. The van der Waals surface area contributed by atoms with E-state index < -0.39 is 0 Å². The van der Waals surface area contributed by atoms with E-state index in [2.05, 4.69) is 45.7 Å². The Bertz CT molecular complexity index is 923. The third-order valence-corrected chi connectivity index (χ3v) is 5.21. The van der Waals surface area contributed by atoms with Crippen molar-refractivity contribution in [1.82, 2.24) is 15.5 Å². The first-order chi connectivity index (χ1) is 14.0. The summed E-state index contributed by atoms with van der Waals surface area (Å²) in [5.74, 6) is 0.690. The first kappa shape index (κ1) is 20.9. The largest absolute Gasteiger partial charge is 0.411 e. The number of amides is 1. The monoisotopic (exact) mass is 410 g/mol. The van der Waals surface area contributed by atoms with Crippen LogP contribution < -0.4 is 10.2 Å². The molecule has 1 amide bonds. The number of hydrogen-bond acceptors (Lipinski definition) is 6. The molecule has 0 unspecified atom stereocenters. The van der Waals surface area contributed by atoms with Crippen molar-refractivity contribution < 1.29 is 9.21 Å². The predicted octanol–water partition coefficient (Wildman–Crippen LogP) is 4.09. The van der Waals surface area contributed by atoms with Crippen molar-refractivity contribution >= 4 is 23.4 Å². The second-order valence-corrected chi connectivity index (χ2v) is 7.93. The molecule has 0 spiro atoms. The Balaban J connectivity index is 1.39. The van der Waals surface area contributed by atoms with E-state index in [1.54, 1.807) is 0 Å². The smallest absolute Gasteiger partial charge is 0.277 e. The SMILES string of the molecule is Cc1cc(C)cc(-c2nnc(SCC(=O)NCCCN(C)c3ccccc3)o2)c1. The molecule has 0 radical (unpaired) electrons. The van der Waals surface area contributed by atoms with Crippen LogP contribution in [0.15, 0.2) is 58.2 Å². The predicted molar refractivity (Wildman–Crippen MR) is 117 cm³/mol. The van der Waals surface area contributed by atoms with E-state index in [9.17, 15) is 4.79 Å². The molecule has 0 saturated carbocycles. The highest BCUT2D eigenvalue weighted by Crippen LogP contribution is 2.24. The highest BCUT2D eigenvalue weighted by Gasteiger charge is 2.12. The summed E-state index contributed by atoms with van der Waals surface area (Å²) in [6, 6.07) is 16.3. The summed E-state index contributed by atoms with van der Waals surface area (Å²) in [7, 11) is 2.05. The molecule has 0 fully saturated rings. The highest BCUT2D eigenvalue weighted by molar-refractivity contribution is 7.99. The number of nitrogens with zero attached hydrogens (tertiary/aromatic N) is 3. The minimum absolute atomic E-state index is 0.0384. The van der Waals surface area contributed by atoms with Crippen molar-refractivity contribution in [2.45, 2.75) is 25.5 Å². The van der Waals surface area contributed by atoms with Crippen LogP contribution >= 0.6 is 11.8 Å². The summed E-state index contributed by atoms with van der Waals surface area (Å²) >= 11 is 1.25. The zero-order chi connectivity index (χ0) is 20.6. The normalized spacial score (nSPS) is 10.7. The van der Waals surface area contributed by atoms with Gasteiger partial charge in [-0.05, 0) is 44.5 Å². The maximum atomic E-state index is 12.1. The number of nitrogens with one attached hydrogen (secondary N) is 1. The number of aryl methyl sites for hydroxylation is 2. The van der Waals surface area contributed by atoms with Crippen molar-refractivity contribution in [1.29, 1.82) is 0 Å². The lowest BCUT2D eigenvalue weighted by Gasteiger charge is -2.19. The Kier molecular flexibility index (Phi) is 7.30. The number of rotatable bonds is 9. The lowest BCUT2D eigenvalue weighted by Crippen LogP contribution is -2.29. The highest BCUT2D eigenvalue weighted by atomic mass is 32.2. The Labute approximate surface area is 175 Å². The molecular formula is C22H26N4O2S. The minimum atomic E-state index is -0.0384. The van der Waals surface area contributed by atoms with Crippen LogP contribution in [0.5, 0.6) is 0 Å². The van der Waals surface area contributed by atoms with Gasteiger partial charge in [0, 0.05) is 31.4 Å². The van der Waals surface area contributed by atoms with E-state index in [0.717, 1.165) is 29.7 Å². The van der Waals surface area contributed by atoms with Gasteiger partial charge in [-0.2, -0.15) is 0 Å². The number of carbonyl (C=O) groups excluding carboxylic acids is 1. The zero-order valence-electron chi connectivity index (χ0n) is 17.0. The molecule has 0 saturated heterocycles. The molecule has 6 nitrogen and oxygen atoms in total. The average molecular weight is 411 g/mol. The topological polar surface area (TPSA) is 71.3 Å². The van der Waals surface area contributed by atoms with Gasteiger partial charge in [-0.3, -0.25) is 4.79 Å². The molecule has 0 aliphatic heterocycles. The van der Waals surface area contributed by atoms with Crippen molar-refractivity contribution in [3.05, 3.63) is 59.7 Å². The molecule has 1 aromatic heterocycles. The third kappa shape index (κ3) is 6.35. The van der Waals surface area contributed by atoms with Crippen molar-refractivity contribution in [3.8, 4) is 11.5 Å². The van der Waals surface area contributed by atoms with E-state index >= 15 is 0 Å². The van der Waals surface area contributed by atoms with Crippen molar-refractivity contribution in [3.63, 3.8) is 0 Å². The van der Waals surface area contributed by atoms with Crippen LogP contribution in [0.2, 0.25) is 0 Å². The molecule has 29 heavy (non-hydrogen) atoms. The van der Waals surface area contributed by atoms with Gasteiger partial charge in [0.25, 0.3) is 5.22 Å². The molecule has 0 aliphatic carbocycles. The number of thioether (sulfide) groups is 1. The lowest BCUT2D eigenvalue weighted by molar-refractivity contribution is -0.118. The summed E-state index contributed by atoms with van der Waals surface area (Å²) in [5, 5.41) is 11.5. The molecule has 0 aliphatic rings. The van der Waals surface area contributed by atoms with Crippen LogP contribution in [0, 0.1) is 13.8 Å². The van der Waals surface area contributed by atoms with Crippen LogP contribution in [0.25, 0.3) is 11.5 Å². The third-order valence-electron chi connectivity index (χ3n) is 4.39. The fourth-order valence-electron chi connectivity index (χ4n) is 3.02. The quantitative estimate of drug-likeness (QED) is 0.423. The van der Waals surface area contributed by atoms with Crippen LogP contribution in [-0.2, 0) is 4.79 Å².